The molecule has 0 radical (unpaired) electrons. The molecule has 0 unspecified atom stereocenters. The predicted molar refractivity (Wildman–Crippen MR) is 99.6 cm³/mol. The Morgan fingerprint density at radius 3 is 2.35 bits per heavy atom. The molecule has 0 spiro atoms. The number of amides is 4. The molecular formula is C19H28N4O3. The van der Waals surface area contributed by atoms with Gasteiger partial charge in [0, 0.05) is 31.7 Å². The third kappa shape index (κ3) is 6.48. The topological polar surface area (TPSA) is 90.5 Å². The zero-order valence-electron chi connectivity index (χ0n) is 15.7. The van der Waals surface area contributed by atoms with E-state index in [1.54, 1.807) is 19.2 Å². The molecule has 1 fully saturated rings. The number of benzene rings is 1. The lowest BCUT2D eigenvalue weighted by Crippen LogP contribution is -2.45. The molecule has 1 saturated carbocycles. The number of carbonyl (C=O) groups excluding carboxylic acids is 3. The van der Waals surface area contributed by atoms with E-state index >= 15 is 0 Å². The fraction of sp³-hybridized carbons (Fsp3) is 0.526. The normalized spacial score (nSPS) is 13.6. The van der Waals surface area contributed by atoms with E-state index in [2.05, 4.69) is 20.9 Å². The highest BCUT2D eigenvalue weighted by atomic mass is 16.2. The van der Waals surface area contributed by atoms with Crippen molar-refractivity contribution in [1.29, 1.82) is 0 Å². The smallest absolute Gasteiger partial charge is 0.321 e. The van der Waals surface area contributed by atoms with Crippen molar-refractivity contribution in [3.8, 4) is 0 Å². The predicted octanol–water partition coefficient (Wildman–Crippen LogP) is 1.49. The molecule has 4 amide bonds. The Kier molecular flexibility index (Phi) is 7.15. The lowest BCUT2D eigenvalue weighted by atomic mass is 10.1. The number of urea groups is 1. The SMILES string of the molecule is CNC(=O)c1ccc(CN(CC(=O)NC(=O)NCC(C)C)C2CC2)cc1. The third-order valence-corrected chi connectivity index (χ3v) is 4.16. The Morgan fingerprint density at radius 2 is 1.81 bits per heavy atom. The minimum Gasteiger partial charge on any atom is -0.355 e. The van der Waals surface area contributed by atoms with Crippen LogP contribution in [-0.2, 0) is 11.3 Å². The van der Waals surface area contributed by atoms with E-state index in [1.165, 1.54) is 0 Å². The van der Waals surface area contributed by atoms with Gasteiger partial charge in [-0.2, -0.15) is 0 Å². The monoisotopic (exact) mass is 360 g/mol. The molecular weight excluding hydrogens is 332 g/mol. The maximum atomic E-state index is 12.1. The molecule has 1 aliphatic carbocycles. The van der Waals surface area contributed by atoms with Gasteiger partial charge in [-0.15, -0.1) is 0 Å². The third-order valence-electron chi connectivity index (χ3n) is 4.16. The second-order valence-electron chi connectivity index (χ2n) is 7.06. The summed E-state index contributed by atoms with van der Waals surface area (Å²) in [6, 6.07) is 7.27. The van der Waals surface area contributed by atoms with Gasteiger partial charge in [0.2, 0.25) is 5.91 Å². The van der Waals surface area contributed by atoms with E-state index in [0.717, 1.165) is 18.4 Å². The second-order valence-corrected chi connectivity index (χ2v) is 7.06. The number of hydrogen-bond acceptors (Lipinski definition) is 4. The molecule has 0 aromatic heterocycles. The Balaban J connectivity index is 1.87. The average molecular weight is 360 g/mol. The van der Waals surface area contributed by atoms with Gasteiger partial charge in [0.1, 0.15) is 0 Å². The zero-order valence-corrected chi connectivity index (χ0v) is 15.7. The Hall–Kier alpha value is -2.41. The van der Waals surface area contributed by atoms with Crippen LogP contribution in [0, 0.1) is 5.92 Å². The van der Waals surface area contributed by atoms with Crippen molar-refractivity contribution in [3.63, 3.8) is 0 Å². The van der Waals surface area contributed by atoms with Crippen LogP contribution in [0.25, 0.3) is 0 Å². The van der Waals surface area contributed by atoms with Crippen molar-refractivity contribution in [2.75, 3.05) is 20.1 Å². The van der Waals surface area contributed by atoms with Crippen molar-refractivity contribution in [2.24, 2.45) is 5.92 Å². The number of rotatable bonds is 8. The maximum Gasteiger partial charge on any atom is 0.321 e. The van der Waals surface area contributed by atoms with Crippen LogP contribution in [0.15, 0.2) is 24.3 Å². The summed E-state index contributed by atoms with van der Waals surface area (Å²) >= 11 is 0. The minimum absolute atomic E-state index is 0.123. The molecule has 142 valence electrons. The van der Waals surface area contributed by atoms with Crippen molar-refractivity contribution in [1.82, 2.24) is 20.9 Å². The molecule has 0 atom stereocenters. The van der Waals surface area contributed by atoms with Crippen molar-refractivity contribution in [2.45, 2.75) is 39.3 Å². The van der Waals surface area contributed by atoms with Gasteiger partial charge in [-0.1, -0.05) is 26.0 Å². The molecule has 1 aliphatic rings. The Morgan fingerprint density at radius 1 is 1.15 bits per heavy atom. The molecule has 0 aliphatic heterocycles. The number of imide groups is 1. The largest absolute Gasteiger partial charge is 0.355 e. The summed E-state index contributed by atoms with van der Waals surface area (Å²) in [5, 5.41) is 7.65. The number of nitrogens with one attached hydrogen (secondary N) is 3. The second kappa shape index (κ2) is 9.33. The lowest BCUT2D eigenvalue weighted by Gasteiger charge is -2.21. The quantitative estimate of drug-likeness (QED) is 0.655. The van der Waals surface area contributed by atoms with E-state index in [1.807, 2.05) is 26.0 Å². The number of nitrogens with zero attached hydrogens (tertiary/aromatic N) is 1. The molecule has 3 N–H and O–H groups in total. The standard InChI is InChI=1S/C19H28N4O3/c1-13(2)10-21-19(26)22-17(24)12-23(16-8-9-16)11-14-4-6-15(7-5-14)18(25)20-3/h4-7,13,16H,8-12H2,1-3H3,(H,20,25)(H2,21,22,24,26). The summed E-state index contributed by atoms with van der Waals surface area (Å²) in [6.07, 6.45) is 2.12. The molecule has 7 nitrogen and oxygen atoms in total. The summed E-state index contributed by atoms with van der Waals surface area (Å²) < 4.78 is 0. The van der Waals surface area contributed by atoms with E-state index in [-0.39, 0.29) is 18.4 Å². The lowest BCUT2D eigenvalue weighted by molar-refractivity contribution is -0.121. The van der Waals surface area contributed by atoms with Gasteiger partial charge in [-0.05, 0) is 36.5 Å². The first-order valence-corrected chi connectivity index (χ1v) is 9.01. The molecule has 0 heterocycles. The van der Waals surface area contributed by atoms with Crippen LogP contribution in [0.1, 0.15) is 42.6 Å². The van der Waals surface area contributed by atoms with Gasteiger partial charge in [0.25, 0.3) is 5.91 Å². The van der Waals surface area contributed by atoms with Crippen molar-refractivity contribution in [3.05, 3.63) is 35.4 Å². The first-order valence-electron chi connectivity index (χ1n) is 9.01. The average Bonchev–Trinajstić information content (AvgIpc) is 3.44. The van der Waals surface area contributed by atoms with Gasteiger partial charge < -0.3 is 10.6 Å². The first-order chi connectivity index (χ1) is 12.4. The minimum atomic E-state index is -0.450. The Labute approximate surface area is 154 Å². The fourth-order valence-electron chi connectivity index (χ4n) is 2.59. The van der Waals surface area contributed by atoms with E-state index in [9.17, 15) is 14.4 Å². The molecule has 0 bridgehead atoms. The van der Waals surface area contributed by atoms with Crippen LogP contribution in [0.5, 0.6) is 0 Å². The highest BCUT2D eigenvalue weighted by molar-refractivity contribution is 5.95. The number of carbonyl (C=O) groups is 3. The van der Waals surface area contributed by atoms with Crippen LogP contribution in [0.2, 0.25) is 0 Å². The van der Waals surface area contributed by atoms with Crippen LogP contribution in [0.4, 0.5) is 4.79 Å². The summed E-state index contributed by atoms with van der Waals surface area (Å²) in [5.41, 5.74) is 1.63. The molecule has 2 rings (SSSR count). The fourth-order valence-corrected chi connectivity index (χ4v) is 2.59. The van der Waals surface area contributed by atoms with Gasteiger partial charge >= 0.3 is 6.03 Å². The van der Waals surface area contributed by atoms with Crippen LogP contribution >= 0.6 is 0 Å². The van der Waals surface area contributed by atoms with Gasteiger partial charge in [0.05, 0.1) is 6.54 Å². The van der Waals surface area contributed by atoms with Crippen LogP contribution < -0.4 is 16.0 Å². The summed E-state index contributed by atoms with van der Waals surface area (Å²) in [6.45, 7) is 5.30. The van der Waals surface area contributed by atoms with Crippen molar-refractivity contribution >= 4 is 17.8 Å². The van der Waals surface area contributed by atoms with E-state index in [0.29, 0.717) is 30.6 Å². The van der Waals surface area contributed by atoms with E-state index in [4.69, 9.17) is 0 Å². The highest BCUT2D eigenvalue weighted by Gasteiger charge is 2.30. The zero-order chi connectivity index (χ0) is 19.1. The molecule has 1 aromatic carbocycles. The van der Waals surface area contributed by atoms with Crippen LogP contribution in [0.3, 0.4) is 0 Å². The molecule has 7 heteroatoms. The Bertz CT molecular complexity index is 639. The van der Waals surface area contributed by atoms with Crippen LogP contribution in [-0.4, -0.2) is 48.9 Å². The maximum absolute atomic E-state index is 12.1. The molecule has 0 saturated heterocycles. The molecule has 1 aromatic rings. The number of hydrogen-bond donors (Lipinski definition) is 3. The molecule has 26 heavy (non-hydrogen) atoms. The van der Waals surface area contributed by atoms with Crippen molar-refractivity contribution < 1.29 is 14.4 Å². The van der Waals surface area contributed by atoms with Gasteiger partial charge in [-0.25, -0.2) is 4.79 Å². The van der Waals surface area contributed by atoms with Gasteiger partial charge in [-0.3, -0.25) is 19.8 Å². The highest BCUT2D eigenvalue weighted by Crippen LogP contribution is 2.28. The summed E-state index contributed by atoms with van der Waals surface area (Å²) in [7, 11) is 1.60. The summed E-state index contributed by atoms with van der Waals surface area (Å²) in [5.74, 6) is -0.0981. The van der Waals surface area contributed by atoms with E-state index < -0.39 is 6.03 Å². The first kappa shape index (κ1) is 19.9. The van der Waals surface area contributed by atoms with Gasteiger partial charge in [0.15, 0.2) is 0 Å². The summed E-state index contributed by atoms with van der Waals surface area (Å²) in [4.78, 5) is 37.5.